The lowest BCUT2D eigenvalue weighted by molar-refractivity contribution is 0.141. The third-order valence-corrected chi connectivity index (χ3v) is 4.06. The van der Waals surface area contributed by atoms with Crippen LogP contribution in [0.2, 0.25) is 10.0 Å². The average Bonchev–Trinajstić information content (AvgIpc) is 2.40. The quantitative estimate of drug-likeness (QED) is 0.893. The zero-order chi connectivity index (χ0) is 13.0. The van der Waals surface area contributed by atoms with Gasteiger partial charge in [-0.05, 0) is 24.1 Å². The Morgan fingerprint density at radius 3 is 2.56 bits per heavy atom. The first-order valence-corrected chi connectivity index (χ1v) is 6.98. The van der Waals surface area contributed by atoms with Gasteiger partial charge in [0.25, 0.3) is 0 Å². The zero-order valence-corrected chi connectivity index (χ0v) is 11.7. The molecule has 1 aromatic rings. The first-order chi connectivity index (χ1) is 8.72. The summed E-state index contributed by atoms with van der Waals surface area (Å²) in [6.07, 6.45) is 0.720. The summed E-state index contributed by atoms with van der Waals surface area (Å²) in [6, 6.07) is 5.95. The van der Waals surface area contributed by atoms with E-state index in [4.69, 9.17) is 23.2 Å². The second-order valence-electron chi connectivity index (χ2n) is 4.49. The Morgan fingerprint density at radius 1 is 1.22 bits per heavy atom. The average molecular weight is 289 g/mol. The summed E-state index contributed by atoms with van der Waals surface area (Å²) in [7, 11) is 0. The number of aliphatic hydroxyl groups excluding tert-OH is 1. The summed E-state index contributed by atoms with van der Waals surface area (Å²) >= 11 is 12.0. The molecule has 18 heavy (non-hydrogen) atoms. The molecule has 2 rings (SSSR count). The number of nitrogens with zero attached hydrogens (tertiary/aromatic N) is 1. The minimum atomic E-state index is 0.175. The monoisotopic (exact) mass is 288 g/mol. The van der Waals surface area contributed by atoms with Crippen LogP contribution in [0.1, 0.15) is 18.0 Å². The fourth-order valence-electron chi connectivity index (χ4n) is 2.40. The van der Waals surface area contributed by atoms with Crippen LogP contribution in [0, 0.1) is 0 Å². The summed E-state index contributed by atoms with van der Waals surface area (Å²) in [5.74, 6) is 0. The summed E-state index contributed by atoms with van der Waals surface area (Å²) in [6.45, 7) is 4.14. The third kappa shape index (κ3) is 3.37. The molecule has 1 atom stereocenters. The molecule has 100 valence electrons. The molecular weight excluding hydrogens is 271 g/mol. The number of hydrogen-bond acceptors (Lipinski definition) is 3. The zero-order valence-electron chi connectivity index (χ0n) is 10.2. The predicted octanol–water partition coefficient (Wildman–Crippen LogP) is 2.32. The van der Waals surface area contributed by atoms with E-state index in [1.807, 2.05) is 18.2 Å². The second kappa shape index (κ2) is 6.73. The van der Waals surface area contributed by atoms with Gasteiger partial charge in [0.05, 0.1) is 10.0 Å². The number of benzene rings is 1. The van der Waals surface area contributed by atoms with Gasteiger partial charge in [0, 0.05) is 38.8 Å². The number of rotatable bonds is 4. The summed E-state index contributed by atoms with van der Waals surface area (Å²) in [5, 5.41) is 13.7. The van der Waals surface area contributed by atoms with E-state index in [-0.39, 0.29) is 12.6 Å². The van der Waals surface area contributed by atoms with Gasteiger partial charge in [0.15, 0.2) is 0 Å². The Kier molecular flexibility index (Phi) is 5.27. The van der Waals surface area contributed by atoms with E-state index in [0.29, 0.717) is 10.0 Å². The van der Waals surface area contributed by atoms with Crippen LogP contribution in [0.15, 0.2) is 18.2 Å². The second-order valence-corrected chi connectivity index (χ2v) is 5.30. The minimum Gasteiger partial charge on any atom is -0.396 e. The van der Waals surface area contributed by atoms with Gasteiger partial charge in [0.2, 0.25) is 0 Å². The number of piperazine rings is 1. The smallest absolute Gasteiger partial charge is 0.0595 e. The van der Waals surface area contributed by atoms with Crippen molar-refractivity contribution in [2.45, 2.75) is 12.5 Å². The molecule has 0 bridgehead atoms. The molecule has 0 aliphatic carbocycles. The molecule has 1 aliphatic heterocycles. The highest BCUT2D eigenvalue weighted by Gasteiger charge is 2.22. The molecular formula is C13H18Cl2N2O. The standard InChI is InChI=1S/C13H18Cl2N2O/c14-11-2-1-10(9-12(11)15)13(3-8-18)17-6-4-16-5-7-17/h1-2,9,13,16,18H,3-8H2/t13-/m0/s1. The van der Waals surface area contributed by atoms with E-state index in [9.17, 15) is 5.11 Å². The normalized spacial score (nSPS) is 18.8. The Labute approximate surface area is 118 Å². The van der Waals surface area contributed by atoms with Crippen molar-refractivity contribution in [3.8, 4) is 0 Å². The largest absolute Gasteiger partial charge is 0.396 e. The van der Waals surface area contributed by atoms with Crippen molar-refractivity contribution in [3.05, 3.63) is 33.8 Å². The first-order valence-electron chi connectivity index (χ1n) is 6.23. The molecule has 1 aliphatic rings. The van der Waals surface area contributed by atoms with E-state index in [2.05, 4.69) is 10.2 Å². The molecule has 0 spiro atoms. The lowest BCUT2D eigenvalue weighted by Crippen LogP contribution is -2.45. The van der Waals surface area contributed by atoms with E-state index in [0.717, 1.165) is 38.2 Å². The van der Waals surface area contributed by atoms with Gasteiger partial charge in [-0.15, -0.1) is 0 Å². The number of halogens is 2. The maximum atomic E-state index is 9.25. The van der Waals surface area contributed by atoms with Crippen LogP contribution in [0.4, 0.5) is 0 Å². The molecule has 0 aromatic heterocycles. The number of nitrogens with one attached hydrogen (secondary N) is 1. The van der Waals surface area contributed by atoms with E-state index in [1.165, 1.54) is 0 Å². The van der Waals surface area contributed by atoms with Crippen LogP contribution in [-0.4, -0.2) is 42.8 Å². The van der Waals surface area contributed by atoms with E-state index in [1.54, 1.807) is 0 Å². The van der Waals surface area contributed by atoms with Crippen molar-refractivity contribution in [1.29, 1.82) is 0 Å². The molecule has 0 amide bonds. The van der Waals surface area contributed by atoms with E-state index >= 15 is 0 Å². The van der Waals surface area contributed by atoms with Crippen LogP contribution in [0.5, 0.6) is 0 Å². The lowest BCUT2D eigenvalue weighted by Gasteiger charge is -2.35. The summed E-state index contributed by atoms with van der Waals surface area (Å²) in [4.78, 5) is 2.38. The highest BCUT2D eigenvalue weighted by Crippen LogP contribution is 2.30. The molecule has 3 nitrogen and oxygen atoms in total. The van der Waals surface area contributed by atoms with E-state index < -0.39 is 0 Å². The van der Waals surface area contributed by atoms with Gasteiger partial charge >= 0.3 is 0 Å². The van der Waals surface area contributed by atoms with Crippen molar-refractivity contribution in [1.82, 2.24) is 10.2 Å². The van der Waals surface area contributed by atoms with Crippen LogP contribution < -0.4 is 5.32 Å². The molecule has 2 N–H and O–H groups in total. The first kappa shape index (κ1) is 14.1. The van der Waals surface area contributed by atoms with Crippen LogP contribution >= 0.6 is 23.2 Å². The lowest BCUT2D eigenvalue weighted by atomic mass is 10.0. The molecule has 0 saturated carbocycles. The number of hydrogen-bond donors (Lipinski definition) is 2. The highest BCUT2D eigenvalue weighted by molar-refractivity contribution is 6.42. The topological polar surface area (TPSA) is 35.5 Å². The van der Waals surface area contributed by atoms with Gasteiger partial charge in [-0.2, -0.15) is 0 Å². The Balaban J connectivity index is 2.19. The third-order valence-electron chi connectivity index (χ3n) is 3.32. The van der Waals surface area contributed by atoms with Crippen molar-refractivity contribution in [2.24, 2.45) is 0 Å². The molecule has 1 saturated heterocycles. The fraction of sp³-hybridized carbons (Fsp3) is 0.538. The fourth-order valence-corrected chi connectivity index (χ4v) is 2.70. The molecule has 1 fully saturated rings. The Bertz CT molecular complexity index is 395. The van der Waals surface area contributed by atoms with Crippen LogP contribution in [0.25, 0.3) is 0 Å². The predicted molar refractivity (Wildman–Crippen MR) is 75.3 cm³/mol. The van der Waals surface area contributed by atoms with Gasteiger partial charge in [-0.25, -0.2) is 0 Å². The van der Waals surface area contributed by atoms with Crippen molar-refractivity contribution < 1.29 is 5.11 Å². The number of aliphatic hydroxyl groups is 1. The SMILES string of the molecule is OCC[C@@H](c1ccc(Cl)c(Cl)c1)N1CCNCC1. The van der Waals surface area contributed by atoms with Gasteiger partial charge in [0.1, 0.15) is 0 Å². The molecule has 1 aromatic carbocycles. The molecule has 0 unspecified atom stereocenters. The summed E-state index contributed by atoms with van der Waals surface area (Å²) < 4.78 is 0. The van der Waals surface area contributed by atoms with Gasteiger partial charge in [-0.1, -0.05) is 29.3 Å². The Hall–Kier alpha value is -0.320. The van der Waals surface area contributed by atoms with Gasteiger partial charge in [-0.3, -0.25) is 4.90 Å². The minimum absolute atomic E-state index is 0.175. The van der Waals surface area contributed by atoms with Crippen LogP contribution in [-0.2, 0) is 0 Å². The van der Waals surface area contributed by atoms with Crippen molar-refractivity contribution in [2.75, 3.05) is 32.8 Å². The van der Waals surface area contributed by atoms with Crippen molar-refractivity contribution >= 4 is 23.2 Å². The molecule has 1 heterocycles. The maximum absolute atomic E-state index is 9.25. The van der Waals surface area contributed by atoms with Crippen molar-refractivity contribution in [3.63, 3.8) is 0 Å². The van der Waals surface area contributed by atoms with Crippen LogP contribution in [0.3, 0.4) is 0 Å². The summed E-state index contributed by atoms with van der Waals surface area (Å²) in [5.41, 5.74) is 1.13. The molecule has 5 heteroatoms. The maximum Gasteiger partial charge on any atom is 0.0595 e. The molecule has 0 radical (unpaired) electrons. The Morgan fingerprint density at radius 2 is 1.94 bits per heavy atom. The van der Waals surface area contributed by atoms with Gasteiger partial charge < -0.3 is 10.4 Å². The highest BCUT2D eigenvalue weighted by atomic mass is 35.5.